The first-order valence-corrected chi connectivity index (χ1v) is 13.0. The molecule has 1 saturated heterocycles. The summed E-state index contributed by atoms with van der Waals surface area (Å²) in [5.41, 5.74) is 0.741. The van der Waals surface area contributed by atoms with Gasteiger partial charge in [-0.25, -0.2) is 9.97 Å². The lowest BCUT2D eigenvalue weighted by Crippen LogP contribution is -2.48. The van der Waals surface area contributed by atoms with Crippen molar-refractivity contribution >= 4 is 17.5 Å². The van der Waals surface area contributed by atoms with Crippen molar-refractivity contribution in [3.05, 3.63) is 58.4 Å². The lowest BCUT2D eigenvalue weighted by atomic mass is 9.78. The average Bonchev–Trinajstić information content (AvgIpc) is 3.18. The summed E-state index contributed by atoms with van der Waals surface area (Å²) in [7, 11) is 0. The van der Waals surface area contributed by atoms with E-state index >= 15 is 0 Å². The van der Waals surface area contributed by atoms with Gasteiger partial charge in [-0.2, -0.15) is 26.3 Å². The number of benzene rings is 1. The largest absolute Gasteiger partial charge is 0.433 e. The molecule has 0 radical (unpaired) electrons. The van der Waals surface area contributed by atoms with Crippen molar-refractivity contribution in [2.45, 2.75) is 63.1 Å². The number of anilines is 1. The van der Waals surface area contributed by atoms with Gasteiger partial charge in [-0.3, -0.25) is 9.47 Å². The Morgan fingerprint density at radius 2 is 1.67 bits per heavy atom. The maximum Gasteiger partial charge on any atom is 0.433 e. The van der Waals surface area contributed by atoms with E-state index in [-0.39, 0.29) is 30.7 Å². The van der Waals surface area contributed by atoms with Gasteiger partial charge in [-0.15, -0.1) is 10.2 Å². The van der Waals surface area contributed by atoms with Crippen molar-refractivity contribution in [1.82, 2.24) is 29.6 Å². The average molecular weight is 572 g/mol. The highest BCUT2D eigenvalue weighted by atomic mass is 35.5. The van der Waals surface area contributed by atoms with Gasteiger partial charge in [-0.05, 0) is 55.5 Å². The van der Waals surface area contributed by atoms with Gasteiger partial charge >= 0.3 is 12.4 Å². The zero-order chi connectivity index (χ0) is 27.5. The highest BCUT2D eigenvalue weighted by Crippen LogP contribution is 2.45. The van der Waals surface area contributed by atoms with Gasteiger partial charge in [0.25, 0.3) is 0 Å². The van der Waals surface area contributed by atoms with E-state index in [9.17, 15) is 26.3 Å². The molecule has 6 rings (SSSR count). The van der Waals surface area contributed by atoms with Crippen LogP contribution in [0.15, 0.2) is 30.5 Å². The predicted octanol–water partition coefficient (Wildman–Crippen LogP) is 5.77. The summed E-state index contributed by atoms with van der Waals surface area (Å²) in [6.07, 6.45) is -6.33. The Morgan fingerprint density at radius 3 is 2.36 bits per heavy atom. The third kappa shape index (κ3) is 5.06. The number of nitrogens with zero attached hydrogens (tertiary/aromatic N) is 7. The highest BCUT2D eigenvalue weighted by molar-refractivity contribution is 6.30. The summed E-state index contributed by atoms with van der Waals surface area (Å²) < 4.78 is 80.7. The van der Waals surface area contributed by atoms with E-state index in [1.165, 1.54) is 0 Å². The summed E-state index contributed by atoms with van der Waals surface area (Å²) in [6.45, 7) is 1.67. The van der Waals surface area contributed by atoms with Gasteiger partial charge in [0.15, 0.2) is 5.82 Å². The molecule has 0 bridgehead atoms. The molecule has 0 N–H and O–H groups in total. The fraction of sp³-hybridized carbons (Fsp3) is 0.520. The summed E-state index contributed by atoms with van der Waals surface area (Å²) in [5, 5.41) is 9.47. The van der Waals surface area contributed by atoms with Gasteiger partial charge in [0.05, 0.1) is 18.2 Å². The molecular formula is C25H24ClF6N7. The number of fused-ring (bicyclic) bond motifs is 3. The summed E-state index contributed by atoms with van der Waals surface area (Å²) >= 11 is 6.30. The smallest absolute Gasteiger partial charge is 0.341 e. The zero-order valence-corrected chi connectivity index (χ0v) is 21.3. The van der Waals surface area contributed by atoms with Crippen molar-refractivity contribution < 1.29 is 26.3 Å². The zero-order valence-electron chi connectivity index (χ0n) is 20.6. The quantitative estimate of drug-likeness (QED) is 0.372. The van der Waals surface area contributed by atoms with Crippen LogP contribution in [0.3, 0.4) is 0 Å². The van der Waals surface area contributed by atoms with Crippen LogP contribution in [0.25, 0.3) is 5.69 Å². The van der Waals surface area contributed by atoms with Crippen LogP contribution in [-0.2, 0) is 19.3 Å². The standard InChI is InChI=1S/C25H24ClF6N7/c26-17-1-2-19-15(9-17)12-38(18-10-16(11-18)24(27,28)29)13-21-35-36-22(39(19)21)14-4-7-37(8-5-14)23-33-6-3-20(34-23)25(30,31)32/h1-3,6,9,14,16,18H,4-5,7-8,10-13H2. The van der Waals surface area contributed by atoms with Gasteiger partial charge in [0, 0.05) is 42.8 Å². The van der Waals surface area contributed by atoms with Crippen LogP contribution in [-0.4, -0.2) is 54.9 Å². The maximum atomic E-state index is 13.1. The Bertz CT molecular complexity index is 1360. The number of piperidine rings is 1. The Balaban J connectivity index is 1.24. The summed E-state index contributed by atoms with van der Waals surface area (Å²) in [4.78, 5) is 11.5. The van der Waals surface area contributed by atoms with Crippen molar-refractivity contribution in [1.29, 1.82) is 0 Å². The molecule has 39 heavy (non-hydrogen) atoms. The molecule has 0 unspecified atom stereocenters. The van der Waals surface area contributed by atoms with Crippen LogP contribution >= 0.6 is 11.6 Å². The fourth-order valence-electron chi connectivity index (χ4n) is 5.72. The molecule has 3 aliphatic rings. The number of hydrogen-bond donors (Lipinski definition) is 0. The molecule has 1 aliphatic carbocycles. The van der Waals surface area contributed by atoms with Gasteiger partial charge in [0.2, 0.25) is 5.95 Å². The van der Waals surface area contributed by atoms with Crippen molar-refractivity contribution in [2.75, 3.05) is 18.0 Å². The molecule has 0 spiro atoms. The lowest BCUT2D eigenvalue weighted by molar-refractivity contribution is -0.207. The van der Waals surface area contributed by atoms with E-state index in [0.717, 1.165) is 29.3 Å². The normalized spacial score (nSPS) is 22.7. The first kappa shape index (κ1) is 26.3. The second-order valence-electron chi connectivity index (χ2n) is 10.4. The van der Waals surface area contributed by atoms with E-state index < -0.39 is 24.0 Å². The van der Waals surface area contributed by atoms with Gasteiger partial charge in [-0.1, -0.05) is 11.6 Å². The summed E-state index contributed by atoms with van der Waals surface area (Å²) in [5.74, 6) is 0.0920. The monoisotopic (exact) mass is 571 g/mol. The van der Waals surface area contributed by atoms with Crippen LogP contribution in [0.1, 0.15) is 54.5 Å². The minimum atomic E-state index is -4.55. The molecule has 1 saturated carbocycles. The number of rotatable bonds is 3. The fourth-order valence-corrected chi connectivity index (χ4v) is 5.92. The molecule has 208 valence electrons. The second kappa shape index (κ2) is 9.61. The first-order valence-electron chi connectivity index (χ1n) is 12.7. The van der Waals surface area contributed by atoms with E-state index in [2.05, 4.69) is 20.2 Å². The highest BCUT2D eigenvalue weighted by Gasteiger charge is 2.50. The molecule has 7 nitrogen and oxygen atoms in total. The number of alkyl halides is 6. The van der Waals surface area contributed by atoms with Gasteiger partial charge < -0.3 is 4.90 Å². The molecule has 2 aliphatic heterocycles. The molecule has 2 fully saturated rings. The van der Waals surface area contributed by atoms with Crippen LogP contribution in [0.4, 0.5) is 32.3 Å². The van der Waals surface area contributed by atoms with E-state index in [1.807, 2.05) is 21.6 Å². The Morgan fingerprint density at radius 1 is 0.923 bits per heavy atom. The third-order valence-corrected chi connectivity index (χ3v) is 8.16. The number of halogens is 7. The number of hydrogen-bond acceptors (Lipinski definition) is 6. The lowest BCUT2D eigenvalue weighted by Gasteiger charge is -2.43. The molecule has 4 heterocycles. The van der Waals surface area contributed by atoms with Crippen LogP contribution in [0.5, 0.6) is 0 Å². The molecular weight excluding hydrogens is 548 g/mol. The minimum Gasteiger partial charge on any atom is -0.341 e. The molecule has 0 atom stereocenters. The van der Waals surface area contributed by atoms with Crippen LogP contribution < -0.4 is 4.90 Å². The van der Waals surface area contributed by atoms with E-state index in [0.29, 0.717) is 49.9 Å². The maximum absolute atomic E-state index is 13.1. The van der Waals surface area contributed by atoms with Crippen LogP contribution in [0, 0.1) is 5.92 Å². The molecule has 14 heteroatoms. The third-order valence-electron chi connectivity index (χ3n) is 7.92. The van der Waals surface area contributed by atoms with Gasteiger partial charge in [0.1, 0.15) is 11.5 Å². The molecule has 0 amide bonds. The second-order valence-corrected chi connectivity index (χ2v) is 10.8. The first-order chi connectivity index (χ1) is 18.5. The Hall–Kier alpha value is -2.93. The van der Waals surface area contributed by atoms with E-state index in [4.69, 9.17) is 11.6 Å². The van der Waals surface area contributed by atoms with Crippen LogP contribution in [0.2, 0.25) is 5.02 Å². The number of aromatic nitrogens is 5. The Labute approximate surface area is 224 Å². The summed E-state index contributed by atoms with van der Waals surface area (Å²) in [6, 6.07) is 6.10. The SMILES string of the molecule is FC(F)(F)c1ccnc(N2CCC(c3nnc4n3-c3ccc(Cl)cc3CN(C3CC(C(F)(F)F)C3)C4)CC2)n1. The van der Waals surface area contributed by atoms with Crippen molar-refractivity contribution in [2.24, 2.45) is 5.92 Å². The minimum absolute atomic E-state index is 0.0262. The Kier molecular flexibility index (Phi) is 6.48. The molecule has 3 aromatic rings. The van der Waals surface area contributed by atoms with E-state index in [1.54, 1.807) is 11.0 Å². The van der Waals surface area contributed by atoms with Crippen molar-refractivity contribution in [3.63, 3.8) is 0 Å². The molecule has 1 aromatic carbocycles. The predicted molar refractivity (Wildman–Crippen MR) is 129 cm³/mol. The molecule has 2 aromatic heterocycles. The topological polar surface area (TPSA) is 63.0 Å². The van der Waals surface area contributed by atoms with Crippen molar-refractivity contribution in [3.8, 4) is 5.69 Å².